The number of unbranched alkanes of at least 4 members (excludes halogenated alkanes) is 4. The van der Waals surface area contributed by atoms with Gasteiger partial charge in [0.2, 0.25) is 0 Å². The maximum atomic E-state index is 5.26. The van der Waals surface area contributed by atoms with Crippen LogP contribution in [0.25, 0.3) is 0 Å². The van der Waals surface area contributed by atoms with Crippen molar-refractivity contribution in [1.82, 2.24) is 0 Å². The molecule has 86 valence electrons. The highest BCUT2D eigenvalue weighted by Gasteiger charge is 1.88. The van der Waals surface area contributed by atoms with Gasteiger partial charge in [-0.3, -0.25) is 0 Å². The van der Waals surface area contributed by atoms with Gasteiger partial charge in [0.1, 0.15) is 12.7 Å². The van der Waals surface area contributed by atoms with Gasteiger partial charge in [0.15, 0.2) is 0 Å². The van der Waals surface area contributed by atoms with E-state index in [1.54, 1.807) is 0 Å². The smallest absolute Gasteiger partial charge is 0.115 e. The normalized spacial score (nSPS) is 9.31. The predicted octanol–water partition coefficient (Wildman–Crippen LogP) is 3.98. The van der Waals surface area contributed by atoms with Crippen molar-refractivity contribution in [2.75, 3.05) is 6.61 Å². The van der Waals surface area contributed by atoms with Crippen LogP contribution in [-0.2, 0) is 4.74 Å². The van der Waals surface area contributed by atoms with E-state index in [0.717, 1.165) is 18.6 Å². The van der Waals surface area contributed by atoms with Crippen LogP contribution in [0.5, 0.6) is 0 Å². The molecule has 0 aliphatic carbocycles. The van der Waals surface area contributed by atoms with Crippen LogP contribution < -0.4 is 0 Å². The number of hydrogen-bond donors (Lipinski definition) is 0. The molecule has 0 aromatic heterocycles. The Morgan fingerprint density at radius 1 is 1.00 bits per heavy atom. The molecule has 0 atom stereocenters. The first kappa shape index (κ1) is 12.6. The summed E-state index contributed by atoms with van der Waals surface area (Å²) in [6, 6.07) is 9.92. The van der Waals surface area contributed by atoms with E-state index in [-0.39, 0.29) is 0 Å². The molecule has 0 aliphatic rings. The fraction of sp³-hybridized carbons (Fsp3) is 0.467. The lowest BCUT2D eigenvalue weighted by atomic mass is 10.2. The van der Waals surface area contributed by atoms with Gasteiger partial charge in [0.05, 0.1) is 0 Å². The minimum atomic E-state index is 0.754. The van der Waals surface area contributed by atoms with Crippen LogP contribution in [0.4, 0.5) is 0 Å². The van der Waals surface area contributed by atoms with Crippen LogP contribution >= 0.6 is 0 Å². The van der Waals surface area contributed by atoms with E-state index in [9.17, 15) is 0 Å². The van der Waals surface area contributed by atoms with E-state index in [1.165, 1.54) is 25.7 Å². The summed E-state index contributed by atoms with van der Waals surface area (Å²) in [6.45, 7) is 2.98. The average molecular weight is 216 g/mol. The molecule has 16 heavy (non-hydrogen) atoms. The summed E-state index contributed by atoms with van der Waals surface area (Å²) in [5.41, 5.74) is 1.01. The Bertz CT molecular complexity index is 318. The van der Waals surface area contributed by atoms with Gasteiger partial charge in [0, 0.05) is 5.56 Å². The lowest BCUT2D eigenvalue weighted by Crippen LogP contribution is -1.88. The summed E-state index contributed by atoms with van der Waals surface area (Å²) < 4.78 is 5.26. The summed E-state index contributed by atoms with van der Waals surface area (Å²) in [7, 11) is 0. The molecule has 1 rings (SSSR count). The Hall–Kier alpha value is -1.42. The van der Waals surface area contributed by atoms with Crippen molar-refractivity contribution in [1.29, 1.82) is 0 Å². The van der Waals surface area contributed by atoms with Gasteiger partial charge in [0.25, 0.3) is 0 Å². The highest BCUT2D eigenvalue weighted by Crippen LogP contribution is 2.02. The SMILES string of the molecule is CCCCCCCOC#Cc1ccccc1. The Labute approximate surface area is 98.8 Å². The fourth-order valence-corrected chi connectivity index (χ4v) is 1.45. The van der Waals surface area contributed by atoms with Crippen LogP contribution in [0.15, 0.2) is 30.3 Å². The third kappa shape index (κ3) is 6.14. The lowest BCUT2D eigenvalue weighted by molar-refractivity contribution is 0.267. The van der Waals surface area contributed by atoms with Crippen molar-refractivity contribution in [3.63, 3.8) is 0 Å². The second kappa shape index (κ2) is 8.85. The summed E-state index contributed by atoms with van der Waals surface area (Å²) in [6.07, 6.45) is 9.03. The van der Waals surface area contributed by atoms with E-state index < -0.39 is 0 Å². The first-order chi connectivity index (χ1) is 7.93. The lowest BCUT2D eigenvalue weighted by Gasteiger charge is -1.97. The first-order valence-corrected chi connectivity index (χ1v) is 6.11. The molecule has 0 N–H and O–H groups in total. The van der Waals surface area contributed by atoms with E-state index >= 15 is 0 Å². The molecule has 0 spiro atoms. The van der Waals surface area contributed by atoms with Gasteiger partial charge in [-0.1, -0.05) is 50.8 Å². The molecule has 1 aromatic rings. The summed E-state index contributed by atoms with van der Waals surface area (Å²) >= 11 is 0. The molecular weight excluding hydrogens is 196 g/mol. The number of rotatable bonds is 6. The minimum Gasteiger partial charge on any atom is -0.446 e. The molecule has 0 unspecified atom stereocenters. The summed E-state index contributed by atoms with van der Waals surface area (Å²) in [5.74, 6) is 2.97. The van der Waals surface area contributed by atoms with Crippen molar-refractivity contribution >= 4 is 0 Å². The van der Waals surface area contributed by atoms with Crippen molar-refractivity contribution in [3.8, 4) is 12.0 Å². The highest BCUT2D eigenvalue weighted by molar-refractivity contribution is 5.32. The molecule has 1 nitrogen and oxygen atoms in total. The standard InChI is InChI=1S/C15H20O/c1-2-3-4-5-9-13-16-14-12-15-10-7-6-8-11-15/h6-8,10-11H,2-5,9,13H2,1H3. The van der Waals surface area contributed by atoms with E-state index in [1.807, 2.05) is 30.3 Å². The predicted molar refractivity (Wildman–Crippen MR) is 68.0 cm³/mol. The van der Waals surface area contributed by atoms with Crippen LogP contribution in [0.3, 0.4) is 0 Å². The molecule has 0 saturated carbocycles. The molecule has 0 aliphatic heterocycles. The molecular formula is C15H20O. The van der Waals surface area contributed by atoms with E-state index in [0.29, 0.717) is 0 Å². The van der Waals surface area contributed by atoms with Gasteiger partial charge < -0.3 is 4.74 Å². The number of ether oxygens (including phenoxy) is 1. The average Bonchev–Trinajstić information content (AvgIpc) is 2.34. The van der Waals surface area contributed by atoms with Crippen molar-refractivity contribution in [2.24, 2.45) is 0 Å². The monoisotopic (exact) mass is 216 g/mol. The largest absolute Gasteiger partial charge is 0.446 e. The second-order valence-electron chi connectivity index (χ2n) is 3.86. The molecule has 0 amide bonds. The van der Waals surface area contributed by atoms with Gasteiger partial charge in [-0.05, 0) is 24.5 Å². The second-order valence-corrected chi connectivity index (χ2v) is 3.86. The summed E-state index contributed by atoms with van der Waals surface area (Å²) in [4.78, 5) is 0. The maximum Gasteiger partial charge on any atom is 0.115 e. The Morgan fingerprint density at radius 2 is 1.75 bits per heavy atom. The van der Waals surface area contributed by atoms with Gasteiger partial charge in [-0.25, -0.2) is 0 Å². The van der Waals surface area contributed by atoms with Crippen LogP contribution in [0.1, 0.15) is 44.6 Å². The van der Waals surface area contributed by atoms with E-state index in [4.69, 9.17) is 4.74 Å². The Morgan fingerprint density at radius 3 is 2.50 bits per heavy atom. The van der Waals surface area contributed by atoms with Crippen molar-refractivity contribution < 1.29 is 4.74 Å². The van der Waals surface area contributed by atoms with Crippen molar-refractivity contribution in [3.05, 3.63) is 35.9 Å². The summed E-state index contributed by atoms with van der Waals surface area (Å²) in [5, 5.41) is 0. The maximum absolute atomic E-state index is 5.26. The molecule has 0 bridgehead atoms. The third-order valence-electron chi connectivity index (χ3n) is 2.39. The fourth-order valence-electron chi connectivity index (χ4n) is 1.45. The Kier molecular flexibility index (Phi) is 7.00. The zero-order valence-corrected chi connectivity index (χ0v) is 10.0. The highest BCUT2D eigenvalue weighted by atomic mass is 16.5. The third-order valence-corrected chi connectivity index (χ3v) is 2.39. The van der Waals surface area contributed by atoms with Crippen LogP contribution in [-0.4, -0.2) is 6.61 Å². The molecule has 0 heterocycles. The molecule has 1 aromatic carbocycles. The number of benzene rings is 1. The molecule has 0 fully saturated rings. The quantitative estimate of drug-likeness (QED) is 0.516. The van der Waals surface area contributed by atoms with Crippen LogP contribution in [0, 0.1) is 12.0 Å². The molecule has 1 heteroatoms. The van der Waals surface area contributed by atoms with Gasteiger partial charge in [-0.2, -0.15) is 0 Å². The first-order valence-electron chi connectivity index (χ1n) is 6.11. The van der Waals surface area contributed by atoms with Gasteiger partial charge >= 0.3 is 0 Å². The Balaban J connectivity index is 2.05. The van der Waals surface area contributed by atoms with E-state index in [2.05, 4.69) is 19.0 Å². The zero-order chi connectivity index (χ0) is 11.5. The molecule has 0 saturated heterocycles. The zero-order valence-electron chi connectivity index (χ0n) is 10.0. The minimum absolute atomic E-state index is 0.754. The number of hydrogen-bond acceptors (Lipinski definition) is 1. The van der Waals surface area contributed by atoms with Crippen molar-refractivity contribution in [2.45, 2.75) is 39.0 Å². The molecule has 0 radical (unpaired) electrons. The topological polar surface area (TPSA) is 9.23 Å². The van der Waals surface area contributed by atoms with Gasteiger partial charge in [-0.15, -0.1) is 0 Å². The van der Waals surface area contributed by atoms with Crippen LogP contribution in [0.2, 0.25) is 0 Å².